The predicted octanol–water partition coefficient (Wildman–Crippen LogP) is -0.130. The smallest absolute Gasteiger partial charge is 0.258 e. The topological polar surface area (TPSA) is 98.1 Å². The number of methoxy groups -OCH3 is 1. The molecule has 0 aliphatic heterocycles. The van der Waals surface area contributed by atoms with Gasteiger partial charge in [0, 0.05) is 19.4 Å². The van der Waals surface area contributed by atoms with Crippen molar-refractivity contribution < 1.29 is 14.3 Å². The van der Waals surface area contributed by atoms with Crippen LogP contribution in [-0.4, -0.2) is 40.2 Å². The Morgan fingerprint density at radius 1 is 1.32 bits per heavy atom. The molecule has 0 radical (unpaired) electrons. The summed E-state index contributed by atoms with van der Waals surface area (Å²) in [6.45, 7) is 0.176. The molecule has 0 bridgehead atoms. The van der Waals surface area contributed by atoms with Crippen LogP contribution in [0.4, 0.5) is 0 Å². The summed E-state index contributed by atoms with van der Waals surface area (Å²) in [6.07, 6.45) is 3.18. The Morgan fingerprint density at radius 3 is 2.82 bits per heavy atom. The highest BCUT2D eigenvalue weighted by Gasteiger charge is 2.16. The van der Waals surface area contributed by atoms with Gasteiger partial charge in [-0.2, -0.15) is 0 Å². The first-order valence-electron chi connectivity index (χ1n) is 6.62. The van der Waals surface area contributed by atoms with E-state index in [1.165, 1.54) is 18.0 Å². The maximum Gasteiger partial charge on any atom is 0.258 e. The summed E-state index contributed by atoms with van der Waals surface area (Å²) in [7, 11) is 3.11. The van der Waals surface area contributed by atoms with Gasteiger partial charge >= 0.3 is 0 Å². The van der Waals surface area contributed by atoms with Gasteiger partial charge in [0.1, 0.15) is 5.56 Å². The summed E-state index contributed by atoms with van der Waals surface area (Å²) in [5.74, 6) is -0.506. The highest BCUT2D eigenvalue weighted by molar-refractivity contribution is 5.98. The molecule has 8 heteroatoms. The van der Waals surface area contributed by atoms with Crippen LogP contribution in [0.1, 0.15) is 16.1 Å². The zero-order valence-electron chi connectivity index (χ0n) is 12.4. The molecule has 0 spiro atoms. The fourth-order valence-electron chi connectivity index (χ4n) is 1.78. The Hall–Kier alpha value is -2.90. The SMILES string of the molecule is COc1nn(C)cc1C(=O)NCC(=O)NCc1ccccn1. The molecule has 2 aromatic heterocycles. The van der Waals surface area contributed by atoms with Crippen LogP contribution in [0, 0.1) is 0 Å². The number of nitrogens with zero attached hydrogens (tertiary/aromatic N) is 3. The molecule has 0 atom stereocenters. The number of amides is 2. The molecule has 0 unspecified atom stereocenters. The van der Waals surface area contributed by atoms with E-state index >= 15 is 0 Å². The fraction of sp³-hybridized carbons (Fsp3) is 0.286. The molecule has 2 N–H and O–H groups in total. The highest BCUT2D eigenvalue weighted by atomic mass is 16.5. The second-order valence-electron chi connectivity index (χ2n) is 4.51. The average Bonchev–Trinajstić information content (AvgIpc) is 2.92. The molecular formula is C14H17N5O3. The first-order chi connectivity index (χ1) is 10.6. The van der Waals surface area contributed by atoms with E-state index in [4.69, 9.17) is 4.74 Å². The minimum atomic E-state index is -0.419. The molecule has 0 saturated heterocycles. The van der Waals surface area contributed by atoms with Gasteiger partial charge in [-0.1, -0.05) is 6.07 Å². The summed E-state index contributed by atoms with van der Waals surface area (Å²) < 4.78 is 6.46. The third-order valence-corrected chi connectivity index (χ3v) is 2.84. The zero-order chi connectivity index (χ0) is 15.9. The Labute approximate surface area is 127 Å². The van der Waals surface area contributed by atoms with Crippen LogP contribution in [0.15, 0.2) is 30.6 Å². The molecule has 2 amide bonds. The van der Waals surface area contributed by atoms with Crippen LogP contribution in [0.2, 0.25) is 0 Å². The molecule has 8 nitrogen and oxygen atoms in total. The number of hydrogen-bond donors (Lipinski definition) is 2. The van der Waals surface area contributed by atoms with Crippen LogP contribution in [0.25, 0.3) is 0 Å². The number of carbonyl (C=O) groups excluding carboxylic acids is 2. The molecule has 2 heterocycles. The third-order valence-electron chi connectivity index (χ3n) is 2.84. The highest BCUT2D eigenvalue weighted by Crippen LogP contribution is 2.13. The van der Waals surface area contributed by atoms with Crippen LogP contribution in [0.3, 0.4) is 0 Å². The Balaban J connectivity index is 1.81. The minimum absolute atomic E-state index is 0.135. The number of pyridine rings is 1. The summed E-state index contributed by atoms with van der Waals surface area (Å²) in [6, 6.07) is 5.44. The molecule has 0 fully saturated rings. The van der Waals surface area contributed by atoms with Crippen molar-refractivity contribution in [3.63, 3.8) is 0 Å². The lowest BCUT2D eigenvalue weighted by molar-refractivity contribution is -0.120. The summed E-state index contributed by atoms with van der Waals surface area (Å²) in [5, 5.41) is 9.17. The summed E-state index contributed by atoms with van der Waals surface area (Å²) >= 11 is 0. The van der Waals surface area contributed by atoms with Gasteiger partial charge in [-0.25, -0.2) is 0 Å². The number of rotatable bonds is 6. The van der Waals surface area contributed by atoms with Gasteiger partial charge in [0.15, 0.2) is 0 Å². The minimum Gasteiger partial charge on any atom is -0.479 e. The number of carbonyl (C=O) groups is 2. The molecule has 0 saturated carbocycles. The molecule has 22 heavy (non-hydrogen) atoms. The summed E-state index contributed by atoms with van der Waals surface area (Å²) in [4.78, 5) is 27.8. The third kappa shape index (κ3) is 4.05. The van der Waals surface area contributed by atoms with Gasteiger partial charge in [0.2, 0.25) is 11.8 Å². The van der Waals surface area contributed by atoms with Crippen LogP contribution in [-0.2, 0) is 18.4 Å². The van der Waals surface area contributed by atoms with Crippen molar-refractivity contribution >= 4 is 11.8 Å². The maximum atomic E-state index is 12.0. The van der Waals surface area contributed by atoms with Crippen molar-refractivity contribution in [3.05, 3.63) is 41.9 Å². The van der Waals surface area contributed by atoms with Gasteiger partial charge in [0.05, 0.1) is 25.9 Å². The fourth-order valence-corrected chi connectivity index (χ4v) is 1.78. The van der Waals surface area contributed by atoms with Gasteiger partial charge in [0.25, 0.3) is 5.91 Å². The first kappa shape index (κ1) is 15.5. The Bertz CT molecular complexity index is 654. The van der Waals surface area contributed by atoms with Gasteiger partial charge < -0.3 is 15.4 Å². The van der Waals surface area contributed by atoms with Gasteiger partial charge in [-0.3, -0.25) is 19.3 Å². The number of ether oxygens (including phenoxy) is 1. The molecule has 2 aromatic rings. The molecule has 0 aliphatic carbocycles. The summed E-state index contributed by atoms with van der Waals surface area (Å²) in [5.41, 5.74) is 1.03. The van der Waals surface area contributed by atoms with E-state index in [2.05, 4.69) is 20.7 Å². The van der Waals surface area contributed by atoms with E-state index in [9.17, 15) is 9.59 Å². The van der Waals surface area contributed by atoms with E-state index < -0.39 is 5.91 Å². The normalized spacial score (nSPS) is 10.1. The second kappa shape index (κ2) is 7.21. The van der Waals surface area contributed by atoms with Crippen molar-refractivity contribution in [1.29, 1.82) is 0 Å². The lowest BCUT2D eigenvalue weighted by atomic mass is 10.3. The first-order valence-corrected chi connectivity index (χ1v) is 6.62. The lowest BCUT2D eigenvalue weighted by Gasteiger charge is -2.06. The van der Waals surface area contributed by atoms with Crippen molar-refractivity contribution in [3.8, 4) is 5.88 Å². The van der Waals surface area contributed by atoms with Crippen LogP contribution < -0.4 is 15.4 Å². The van der Waals surface area contributed by atoms with Crippen LogP contribution in [0.5, 0.6) is 5.88 Å². The number of nitrogens with one attached hydrogen (secondary N) is 2. The van der Waals surface area contributed by atoms with Crippen molar-refractivity contribution in [2.75, 3.05) is 13.7 Å². The van der Waals surface area contributed by atoms with E-state index in [1.54, 1.807) is 25.4 Å². The van der Waals surface area contributed by atoms with Gasteiger partial charge in [-0.15, -0.1) is 5.10 Å². The zero-order valence-corrected chi connectivity index (χ0v) is 12.4. The van der Waals surface area contributed by atoms with Crippen molar-refractivity contribution in [1.82, 2.24) is 25.4 Å². The molecular weight excluding hydrogens is 286 g/mol. The van der Waals surface area contributed by atoms with Crippen molar-refractivity contribution in [2.45, 2.75) is 6.54 Å². The standard InChI is InChI=1S/C14H17N5O3/c1-19-9-11(14(18-19)22-2)13(21)17-8-12(20)16-7-10-5-3-4-6-15-10/h3-6,9H,7-8H2,1-2H3,(H,16,20)(H,17,21). The molecule has 0 aromatic carbocycles. The number of aromatic nitrogens is 3. The number of aryl methyl sites for hydroxylation is 1. The average molecular weight is 303 g/mol. The second-order valence-corrected chi connectivity index (χ2v) is 4.51. The van der Waals surface area contributed by atoms with E-state index in [-0.39, 0.29) is 23.9 Å². The van der Waals surface area contributed by atoms with Gasteiger partial charge in [-0.05, 0) is 12.1 Å². The van der Waals surface area contributed by atoms with E-state index in [0.29, 0.717) is 6.54 Å². The monoisotopic (exact) mass is 303 g/mol. The maximum absolute atomic E-state index is 12.0. The lowest BCUT2D eigenvalue weighted by Crippen LogP contribution is -2.36. The van der Waals surface area contributed by atoms with E-state index in [0.717, 1.165) is 5.69 Å². The Morgan fingerprint density at radius 2 is 2.14 bits per heavy atom. The quantitative estimate of drug-likeness (QED) is 0.774. The predicted molar refractivity (Wildman–Crippen MR) is 78.2 cm³/mol. The largest absolute Gasteiger partial charge is 0.479 e. The molecule has 0 aliphatic rings. The Kier molecular flexibility index (Phi) is 5.07. The molecule has 116 valence electrons. The van der Waals surface area contributed by atoms with Crippen LogP contribution >= 0.6 is 0 Å². The van der Waals surface area contributed by atoms with Crippen molar-refractivity contribution in [2.24, 2.45) is 7.05 Å². The van der Waals surface area contributed by atoms with E-state index in [1.807, 2.05) is 6.07 Å². The number of hydrogen-bond acceptors (Lipinski definition) is 5. The molecule has 2 rings (SSSR count).